The number of aromatic hydroxyl groups is 2. The Bertz CT molecular complexity index is 2100. The molecule has 0 spiro atoms. The number of oxime groups is 2. The third-order valence-electron chi connectivity index (χ3n) is 7.37. The highest BCUT2D eigenvalue weighted by molar-refractivity contribution is 9.11. The topological polar surface area (TPSA) is 182 Å². The van der Waals surface area contributed by atoms with Gasteiger partial charge < -0.3 is 40.7 Å². The van der Waals surface area contributed by atoms with Gasteiger partial charge in [0.2, 0.25) is 0 Å². The summed E-state index contributed by atoms with van der Waals surface area (Å²) in [6.45, 7) is 0.163. The Kier molecular flexibility index (Phi) is 12.8. The number of hydrogen-bond acceptors (Lipinski definition) is 10. The zero-order valence-corrected chi connectivity index (χ0v) is 33.8. The second kappa shape index (κ2) is 17.1. The molecule has 12 nitrogen and oxygen atoms in total. The number of halogens is 5. The van der Waals surface area contributed by atoms with Crippen molar-refractivity contribution in [3.8, 4) is 34.5 Å². The van der Waals surface area contributed by atoms with Gasteiger partial charge in [0.05, 0.1) is 22.4 Å². The summed E-state index contributed by atoms with van der Waals surface area (Å²) in [7, 11) is 0. The number of ether oxygens (including phenoxy) is 2. The van der Waals surface area contributed by atoms with Gasteiger partial charge in [0.25, 0.3) is 11.8 Å². The highest BCUT2D eigenvalue weighted by Gasteiger charge is 2.21. The predicted molar refractivity (Wildman–Crippen MR) is 207 cm³/mol. The molecule has 8 bridgehead atoms. The van der Waals surface area contributed by atoms with Crippen LogP contribution in [0.3, 0.4) is 0 Å². The summed E-state index contributed by atoms with van der Waals surface area (Å²) in [5, 5.41) is 52.8. The fraction of sp³-hybridized carbons (Fsp3) is 0.118. The predicted octanol–water partition coefficient (Wildman–Crippen LogP) is 8.70. The van der Waals surface area contributed by atoms with E-state index >= 15 is 0 Å². The van der Waals surface area contributed by atoms with Gasteiger partial charge in [0.15, 0.2) is 28.7 Å². The molecule has 0 unspecified atom stereocenters. The van der Waals surface area contributed by atoms with Crippen LogP contribution in [-0.4, -0.2) is 50.4 Å². The van der Waals surface area contributed by atoms with Crippen molar-refractivity contribution in [1.29, 1.82) is 0 Å². The average Bonchev–Trinajstić information content (AvgIpc) is 3.09. The molecule has 2 amide bonds. The molecule has 51 heavy (non-hydrogen) atoms. The van der Waals surface area contributed by atoms with Crippen LogP contribution in [0, 0.1) is 0 Å². The summed E-state index contributed by atoms with van der Waals surface area (Å²) in [5.74, 6) is -0.820. The van der Waals surface area contributed by atoms with Gasteiger partial charge in [-0.15, -0.1) is 0 Å². The van der Waals surface area contributed by atoms with Gasteiger partial charge in [-0.05, 0) is 157 Å². The first kappa shape index (κ1) is 38.3. The number of fused-ring (bicyclic) bond motifs is 2. The molecule has 0 aromatic heterocycles. The number of rotatable bonds is 0. The number of carbonyl (C=O) groups is 2. The highest BCUT2D eigenvalue weighted by atomic mass is 79.9. The van der Waals surface area contributed by atoms with Gasteiger partial charge in [-0.1, -0.05) is 22.4 Å². The van der Waals surface area contributed by atoms with Crippen LogP contribution in [0.4, 0.5) is 0 Å². The Morgan fingerprint density at radius 3 is 2.00 bits per heavy atom. The number of nitrogens with zero attached hydrogens (tertiary/aromatic N) is 2. The highest BCUT2D eigenvalue weighted by Crippen LogP contribution is 2.44. The van der Waals surface area contributed by atoms with E-state index < -0.39 is 11.8 Å². The van der Waals surface area contributed by atoms with Crippen molar-refractivity contribution in [2.24, 2.45) is 10.3 Å². The van der Waals surface area contributed by atoms with Crippen LogP contribution in [0.2, 0.25) is 0 Å². The number of phenols is 2. The van der Waals surface area contributed by atoms with E-state index in [1.165, 1.54) is 12.3 Å². The average molecular weight is 1020 g/mol. The standard InChI is InChI=1S/C34H25Br5N4O8/c35-20-3-1-16-5-7-40-33(46)25(43-49)13-18-9-21(36)30(44)28(15-18)51-32-22(37)10-17(11-23(32)38)12-24(42-48)34(47)41-8-6-19-2-4-26(31(45)29(19)39)50-27(20)14-16/h1-5,7,9-11,14-15,44-45,48-49H,6,8,12-13H2,(H,40,46)(H,41,47)/b7-5+,42-24+,43-25+. The fourth-order valence-corrected chi connectivity index (χ4v) is 7.62. The van der Waals surface area contributed by atoms with E-state index in [1.54, 1.807) is 54.6 Å². The van der Waals surface area contributed by atoms with Crippen molar-refractivity contribution in [3.63, 3.8) is 0 Å². The molecule has 4 aromatic carbocycles. The lowest BCUT2D eigenvalue weighted by molar-refractivity contribution is -0.115. The molecule has 0 fully saturated rings. The second-order valence-electron chi connectivity index (χ2n) is 10.9. The van der Waals surface area contributed by atoms with Gasteiger partial charge in [-0.2, -0.15) is 0 Å². The molecular weight excluding hydrogens is 992 g/mol. The van der Waals surface area contributed by atoms with E-state index in [0.717, 1.165) is 0 Å². The monoisotopic (exact) mass is 1010 g/mol. The Morgan fingerprint density at radius 2 is 1.31 bits per heavy atom. The largest absolute Gasteiger partial charge is 0.503 e. The summed E-state index contributed by atoms with van der Waals surface area (Å²) >= 11 is 17.1. The van der Waals surface area contributed by atoms with Crippen molar-refractivity contribution in [3.05, 3.63) is 105 Å². The molecule has 0 radical (unpaired) electrons. The normalized spacial score (nSPS) is 16.5. The Labute approximate surface area is 332 Å². The molecule has 264 valence electrons. The quantitative estimate of drug-likeness (QED) is 0.0747. The van der Waals surface area contributed by atoms with Crippen LogP contribution in [0.15, 0.2) is 93.5 Å². The van der Waals surface area contributed by atoms with Crippen LogP contribution < -0.4 is 20.1 Å². The molecule has 0 saturated heterocycles. The minimum Gasteiger partial charge on any atom is -0.503 e. The first-order valence-electron chi connectivity index (χ1n) is 14.7. The molecule has 3 heterocycles. The molecule has 0 saturated carbocycles. The van der Waals surface area contributed by atoms with Crippen molar-refractivity contribution >= 4 is 109 Å². The van der Waals surface area contributed by atoms with Crippen LogP contribution in [0.1, 0.15) is 22.3 Å². The number of amides is 2. The molecule has 0 atom stereocenters. The maximum Gasteiger partial charge on any atom is 0.273 e. The smallest absolute Gasteiger partial charge is 0.273 e. The fourth-order valence-electron chi connectivity index (χ4n) is 4.83. The Hall–Kier alpha value is -3.90. The van der Waals surface area contributed by atoms with Gasteiger partial charge in [-0.3, -0.25) is 9.59 Å². The van der Waals surface area contributed by atoms with E-state index in [0.29, 0.717) is 52.3 Å². The lowest BCUT2D eigenvalue weighted by Gasteiger charge is -2.15. The lowest BCUT2D eigenvalue weighted by atomic mass is 10.1. The summed E-state index contributed by atoms with van der Waals surface area (Å²) in [5.41, 5.74) is 1.99. The zero-order valence-electron chi connectivity index (χ0n) is 25.9. The van der Waals surface area contributed by atoms with Crippen molar-refractivity contribution < 1.29 is 39.7 Å². The molecule has 3 aliphatic heterocycles. The van der Waals surface area contributed by atoms with Crippen molar-refractivity contribution in [2.75, 3.05) is 6.54 Å². The molecule has 17 heteroatoms. The summed E-state index contributed by atoms with van der Waals surface area (Å²) in [4.78, 5) is 25.9. The third-order valence-corrected chi connectivity index (χ3v) is 10.7. The van der Waals surface area contributed by atoms with Gasteiger partial charge in [0.1, 0.15) is 17.2 Å². The van der Waals surface area contributed by atoms with Crippen LogP contribution >= 0.6 is 79.6 Å². The maximum atomic E-state index is 13.0. The zero-order chi connectivity index (χ0) is 36.8. The van der Waals surface area contributed by atoms with Crippen molar-refractivity contribution in [1.82, 2.24) is 10.6 Å². The first-order valence-corrected chi connectivity index (χ1v) is 18.7. The van der Waals surface area contributed by atoms with E-state index in [4.69, 9.17) is 9.47 Å². The number of nitrogens with one attached hydrogen (secondary N) is 2. The van der Waals surface area contributed by atoms with Crippen molar-refractivity contribution in [2.45, 2.75) is 19.3 Å². The molecule has 0 aliphatic carbocycles. The third kappa shape index (κ3) is 9.32. The SMILES string of the molecule is O=C1N/C=C/c2ccc(Br)c(c2)Oc2ccc(c(Br)c2O)CCNC(=O)/C(=N/O)Cc2cc(Br)c(c(Br)c2)Oc2cc(cc(Br)c2O)C/C1=N\O. The number of phenolic OH excluding ortho intramolecular Hbond substituents is 2. The van der Waals surface area contributed by atoms with E-state index in [9.17, 15) is 30.2 Å². The maximum absolute atomic E-state index is 13.0. The van der Waals surface area contributed by atoms with Crippen LogP contribution in [0.5, 0.6) is 34.5 Å². The minimum absolute atomic E-state index is 0.0268. The van der Waals surface area contributed by atoms with Crippen LogP contribution in [0.25, 0.3) is 6.08 Å². The molecule has 3 aliphatic rings. The van der Waals surface area contributed by atoms with E-state index in [2.05, 4.69) is 101 Å². The molecular formula is C34H25Br5N4O8. The summed E-state index contributed by atoms with van der Waals surface area (Å²) in [6.07, 6.45) is 3.13. The van der Waals surface area contributed by atoms with Gasteiger partial charge in [0, 0.05) is 25.6 Å². The van der Waals surface area contributed by atoms with E-state index in [1.807, 2.05) is 0 Å². The number of hydrogen-bond donors (Lipinski definition) is 6. The molecule has 7 rings (SSSR count). The van der Waals surface area contributed by atoms with Gasteiger partial charge >= 0.3 is 0 Å². The number of benzene rings is 4. The minimum atomic E-state index is -0.683. The second-order valence-corrected chi connectivity index (χ2v) is 15.1. The molecule has 4 aromatic rings. The van der Waals surface area contributed by atoms with Gasteiger partial charge in [-0.25, -0.2) is 0 Å². The van der Waals surface area contributed by atoms with Crippen LogP contribution in [-0.2, 0) is 28.9 Å². The van der Waals surface area contributed by atoms with E-state index in [-0.39, 0.29) is 64.0 Å². The Morgan fingerprint density at radius 1 is 0.667 bits per heavy atom. The lowest BCUT2D eigenvalue weighted by Crippen LogP contribution is -2.33. The summed E-state index contributed by atoms with van der Waals surface area (Å²) < 4.78 is 14.2. The summed E-state index contributed by atoms with van der Waals surface area (Å²) in [6, 6.07) is 14.9. The molecule has 6 N–H and O–H groups in total. The first-order chi connectivity index (χ1) is 24.4. The Balaban J connectivity index is 1.51. The number of carbonyl (C=O) groups excluding carboxylic acids is 2.